The largest absolute Gasteiger partial charge is 0.351 e. The first-order valence-corrected chi connectivity index (χ1v) is 9.70. The molecule has 6 heteroatoms. The van der Waals surface area contributed by atoms with Crippen molar-refractivity contribution >= 4 is 11.5 Å². The molecule has 1 amide bonds. The fourth-order valence-electron chi connectivity index (χ4n) is 3.39. The first-order chi connectivity index (χ1) is 14.2. The Bertz CT molecular complexity index is 995. The van der Waals surface area contributed by atoms with Crippen LogP contribution in [0.25, 0.3) is 11.3 Å². The molecule has 0 aliphatic carbocycles. The van der Waals surface area contributed by atoms with Crippen molar-refractivity contribution in [3.8, 4) is 5.69 Å². The van der Waals surface area contributed by atoms with Crippen molar-refractivity contribution in [1.82, 2.24) is 20.0 Å². The Morgan fingerprint density at radius 2 is 1.90 bits per heavy atom. The van der Waals surface area contributed by atoms with Gasteiger partial charge < -0.3 is 5.32 Å². The molecule has 29 heavy (non-hydrogen) atoms. The molecule has 4 rings (SSSR count). The first kappa shape index (κ1) is 19.1. The van der Waals surface area contributed by atoms with Crippen LogP contribution in [-0.2, 0) is 11.3 Å². The van der Waals surface area contributed by atoms with Crippen molar-refractivity contribution in [2.45, 2.75) is 13.0 Å². The van der Waals surface area contributed by atoms with E-state index in [-0.39, 0.29) is 11.7 Å². The summed E-state index contributed by atoms with van der Waals surface area (Å²) >= 11 is 0. The van der Waals surface area contributed by atoms with E-state index in [1.54, 1.807) is 12.1 Å². The van der Waals surface area contributed by atoms with Gasteiger partial charge in [0, 0.05) is 31.4 Å². The molecule has 1 aliphatic heterocycles. The van der Waals surface area contributed by atoms with E-state index >= 15 is 0 Å². The maximum atomic E-state index is 12.9. The molecule has 1 aromatic heterocycles. The van der Waals surface area contributed by atoms with Crippen molar-refractivity contribution in [2.24, 2.45) is 0 Å². The third kappa shape index (κ3) is 4.97. The summed E-state index contributed by atoms with van der Waals surface area (Å²) in [5.41, 5.74) is 4.30. The van der Waals surface area contributed by atoms with Gasteiger partial charge in [-0.3, -0.25) is 9.69 Å². The molecule has 0 bridgehead atoms. The number of halogens is 1. The molecule has 1 aliphatic rings. The maximum Gasteiger partial charge on any atom is 0.234 e. The smallest absolute Gasteiger partial charge is 0.234 e. The fourth-order valence-corrected chi connectivity index (χ4v) is 3.39. The van der Waals surface area contributed by atoms with Crippen LogP contribution < -0.4 is 5.32 Å². The summed E-state index contributed by atoms with van der Waals surface area (Å²) in [6, 6.07) is 16.2. The molecule has 0 atom stereocenters. The number of benzene rings is 2. The van der Waals surface area contributed by atoms with Gasteiger partial charge in [0.2, 0.25) is 5.91 Å². The van der Waals surface area contributed by atoms with Crippen LogP contribution in [0, 0.1) is 5.82 Å². The molecular formula is C23H23FN4O. The molecule has 2 heterocycles. The van der Waals surface area contributed by atoms with E-state index in [9.17, 15) is 9.18 Å². The van der Waals surface area contributed by atoms with Crippen LogP contribution in [0.1, 0.15) is 17.5 Å². The molecule has 1 N–H and O–H groups in total. The number of aromatic nitrogens is 2. The van der Waals surface area contributed by atoms with Gasteiger partial charge in [-0.1, -0.05) is 36.4 Å². The van der Waals surface area contributed by atoms with E-state index in [2.05, 4.69) is 21.4 Å². The average molecular weight is 390 g/mol. The molecule has 0 unspecified atom stereocenters. The molecule has 0 radical (unpaired) electrons. The number of hydrogen-bond acceptors (Lipinski definition) is 3. The Labute approximate surface area is 169 Å². The van der Waals surface area contributed by atoms with Gasteiger partial charge in [-0.05, 0) is 41.8 Å². The number of para-hydroxylation sites is 1. The van der Waals surface area contributed by atoms with Gasteiger partial charge in [0.25, 0.3) is 0 Å². The topological polar surface area (TPSA) is 50.2 Å². The van der Waals surface area contributed by atoms with Crippen molar-refractivity contribution in [2.75, 3.05) is 19.6 Å². The van der Waals surface area contributed by atoms with E-state index < -0.39 is 0 Å². The second-order valence-electron chi connectivity index (χ2n) is 7.13. The molecule has 0 saturated heterocycles. The van der Waals surface area contributed by atoms with Crippen LogP contribution in [0.5, 0.6) is 0 Å². The van der Waals surface area contributed by atoms with Crippen LogP contribution in [0.15, 0.2) is 73.1 Å². The summed E-state index contributed by atoms with van der Waals surface area (Å²) in [6.07, 6.45) is 6.99. The number of amides is 1. The van der Waals surface area contributed by atoms with E-state index in [0.29, 0.717) is 13.1 Å². The highest BCUT2D eigenvalue weighted by atomic mass is 19.1. The highest BCUT2D eigenvalue weighted by Crippen LogP contribution is 2.22. The van der Waals surface area contributed by atoms with Crippen molar-refractivity contribution in [3.05, 3.63) is 90.0 Å². The summed E-state index contributed by atoms with van der Waals surface area (Å²) in [6.45, 7) is 2.32. The lowest BCUT2D eigenvalue weighted by Gasteiger charge is -2.25. The lowest BCUT2D eigenvalue weighted by Crippen LogP contribution is -2.39. The lowest BCUT2D eigenvalue weighted by atomic mass is 10.0. The third-order valence-electron chi connectivity index (χ3n) is 5.04. The highest BCUT2D eigenvalue weighted by Gasteiger charge is 2.16. The van der Waals surface area contributed by atoms with E-state index in [0.717, 1.165) is 36.3 Å². The van der Waals surface area contributed by atoms with Crippen molar-refractivity contribution < 1.29 is 9.18 Å². The van der Waals surface area contributed by atoms with Gasteiger partial charge in [-0.15, -0.1) is 0 Å². The Kier molecular flexibility index (Phi) is 5.81. The van der Waals surface area contributed by atoms with E-state index in [4.69, 9.17) is 0 Å². The minimum Gasteiger partial charge on any atom is -0.351 e. The number of nitrogens with one attached hydrogen (secondary N) is 1. The van der Waals surface area contributed by atoms with Gasteiger partial charge >= 0.3 is 0 Å². The minimum absolute atomic E-state index is 0.0249. The summed E-state index contributed by atoms with van der Waals surface area (Å²) in [7, 11) is 0. The first-order valence-electron chi connectivity index (χ1n) is 9.70. The van der Waals surface area contributed by atoms with Gasteiger partial charge in [0.05, 0.1) is 18.4 Å². The number of rotatable bonds is 6. The zero-order valence-corrected chi connectivity index (χ0v) is 16.1. The molecule has 148 valence electrons. The lowest BCUT2D eigenvalue weighted by molar-refractivity contribution is -0.122. The monoisotopic (exact) mass is 390 g/mol. The van der Waals surface area contributed by atoms with Crippen LogP contribution in [-0.4, -0.2) is 40.2 Å². The molecule has 0 fully saturated rings. The number of nitrogens with zero attached hydrogens (tertiary/aromatic N) is 3. The number of carbonyl (C=O) groups excluding carboxylic acids is 1. The number of carbonyl (C=O) groups is 1. The second-order valence-corrected chi connectivity index (χ2v) is 7.13. The van der Waals surface area contributed by atoms with E-state index in [1.165, 1.54) is 17.7 Å². The summed E-state index contributed by atoms with van der Waals surface area (Å²) in [4.78, 5) is 14.3. The molecule has 2 aromatic carbocycles. The predicted octanol–water partition coefficient (Wildman–Crippen LogP) is 3.42. The minimum atomic E-state index is -0.273. The maximum absolute atomic E-state index is 12.9. The standard InChI is InChI=1S/C23H23FN4O/c24-21-8-6-18(7-9-21)14-25-23(29)17-27-12-10-19(11-13-27)20-15-26-28(16-20)22-4-2-1-3-5-22/h1-10,15-16H,11-14,17H2,(H,25,29). The summed E-state index contributed by atoms with van der Waals surface area (Å²) in [5, 5.41) is 7.36. The Morgan fingerprint density at radius 3 is 2.62 bits per heavy atom. The normalized spacial score (nSPS) is 14.4. The van der Waals surface area contributed by atoms with Crippen LogP contribution in [0.2, 0.25) is 0 Å². The molecule has 0 saturated carbocycles. The Hall–Kier alpha value is -3.25. The van der Waals surface area contributed by atoms with Gasteiger partial charge in [0.1, 0.15) is 5.82 Å². The average Bonchev–Trinajstić information content (AvgIpc) is 3.25. The van der Waals surface area contributed by atoms with Gasteiger partial charge in [0.15, 0.2) is 0 Å². The molecule has 3 aromatic rings. The summed E-state index contributed by atoms with van der Waals surface area (Å²) < 4.78 is 14.8. The Balaban J connectivity index is 1.29. The zero-order chi connectivity index (χ0) is 20.1. The quantitative estimate of drug-likeness (QED) is 0.702. The zero-order valence-electron chi connectivity index (χ0n) is 16.1. The van der Waals surface area contributed by atoms with Gasteiger partial charge in [-0.2, -0.15) is 5.10 Å². The summed E-state index contributed by atoms with van der Waals surface area (Å²) in [5.74, 6) is -0.298. The molecule has 5 nitrogen and oxygen atoms in total. The van der Waals surface area contributed by atoms with E-state index in [1.807, 2.05) is 47.4 Å². The SMILES string of the molecule is O=C(CN1CC=C(c2cnn(-c3ccccc3)c2)CC1)NCc1ccc(F)cc1. The third-order valence-corrected chi connectivity index (χ3v) is 5.04. The van der Waals surface area contributed by atoms with Crippen LogP contribution in [0.3, 0.4) is 0 Å². The van der Waals surface area contributed by atoms with Crippen LogP contribution >= 0.6 is 0 Å². The van der Waals surface area contributed by atoms with Crippen molar-refractivity contribution in [1.29, 1.82) is 0 Å². The van der Waals surface area contributed by atoms with Crippen LogP contribution in [0.4, 0.5) is 4.39 Å². The van der Waals surface area contributed by atoms with Gasteiger partial charge in [-0.25, -0.2) is 9.07 Å². The second kappa shape index (κ2) is 8.84. The Morgan fingerprint density at radius 1 is 1.10 bits per heavy atom. The predicted molar refractivity (Wildman–Crippen MR) is 111 cm³/mol. The highest BCUT2D eigenvalue weighted by molar-refractivity contribution is 5.78. The molecular weight excluding hydrogens is 367 g/mol. The van der Waals surface area contributed by atoms with Crippen molar-refractivity contribution in [3.63, 3.8) is 0 Å². The number of hydrogen-bond donors (Lipinski definition) is 1. The fraction of sp³-hybridized carbons (Fsp3) is 0.217. The molecule has 0 spiro atoms.